The van der Waals surface area contributed by atoms with E-state index < -0.39 is 0 Å². The van der Waals surface area contributed by atoms with Gasteiger partial charge in [-0.3, -0.25) is 5.10 Å². The third kappa shape index (κ3) is 2.37. The second kappa shape index (κ2) is 4.47. The fraction of sp³-hybridized carbons (Fsp3) is 0.636. The number of esters is 1. The molecule has 1 heterocycles. The number of carbonyl (C=O) groups is 1. The number of H-pyrrole nitrogens is 1. The summed E-state index contributed by atoms with van der Waals surface area (Å²) in [4.78, 5) is 11.6. The van der Waals surface area contributed by atoms with E-state index in [1.54, 1.807) is 6.20 Å². The molecule has 1 aliphatic carbocycles. The van der Waals surface area contributed by atoms with Crippen LogP contribution in [0.4, 0.5) is 0 Å². The lowest BCUT2D eigenvalue weighted by Crippen LogP contribution is -2.14. The van der Waals surface area contributed by atoms with Gasteiger partial charge in [-0.25, -0.2) is 4.79 Å². The maximum atomic E-state index is 11.6. The minimum Gasteiger partial charge on any atom is -0.459 e. The summed E-state index contributed by atoms with van der Waals surface area (Å²) in [5.74, 6) is 0.470. The predicted octanol–water partition coefficient (Wildman–Crippen LogP) is 2.15. The van der Waals surface area contributed by atoms with Crippen molar-refractivity contribution < 1.29 is 9.53 Å². The van der Waals surface area contributed by atoms with Crippen LogP contribution in [-0.2, 0) is 4.74 Å². The van der Waals surface area contributed by atoms with Crippen LogP contribution in [0.25, 0.3) is 0 Å². The maximum absolute atomic E-state index is 11.6. The lowest BCUT2D eigenvalue weighted by Gasteiger charge is -2.11. The molecule has 0 aliphatic heterocycles. The van der Waals surface area contributed by atoms with Crippen LogP contribution in [0.2, 0.25) is 0 Å². The van der Waals surface area contributed by atoms with Crippen LogP contribution in [0.3, 0.4) is 0 Å². The summed E-state index contributed by atoms with van der Waals surface area (Å²) in [5, 5.41) is 6.33. The molecule has 4 nitrogen and oxygen atoms in total. The van der Waals surface area contributed by atoms with E-state index in [0.717, 1.165) is 18.8 Å². The molecule has 0 saturated heterocycles. The normalized spacial score (nSPS) is 25.4. The second-order valence-electron chi connectivity index (χ2n) is 4.10. The Morgan fingerprint density at radius 2 is 2.53 bits per heavy atom. The molecule has 0 amide bonds. The zero-order valence-corrected chi connectivity index (χ0v) is 8.90. The summed E-state index contributed by atoms with van der Waals surface area (Å²) in [5.41, 5.74) is 0.509. The molecule has 4 heteroatoms. The maximum Gasteiger partial charge on any atom is 0.341 e. The molecule has 1 aromatic rings. The fourth-order valence-corrected chi connectivity index (χ4v) is 2.09. The van der Waals surface area contributed by atoms with Gasteiger partial charge >= 0.3 is 5.97 Å². The first-order chi connectivity index (χ1) is 7.29. The van der Waals surface area contributed by atoms with Gasteiger partial charge in [-0.05, 0) is 25.2 Å². The number of carbonyl (C=O) groups excluding carboxylic acids is 1. The van der Waals surface area contributed by atoms with Gasteiger partial charge < -0.3 is 4.74 Å². The molecule has 1 aromatic heterocycles. The van der Waals surface area contributed by atoms with Gasteiger partial charge in [0, 0.05) is 6.20 Å². The number of rotatable bonds is 3. The Bertz CT molecular complexity index is 321. The van der Waals surface area contributed by atoms with E-state index in [1.165, 1.54) is 19.0 Å². The number of aromatic amines is 1. The van der Waals surface area contributed by atoms with Gasteiger partial charge in [0.15, 0.2) is 0 Å². The summed E-state index contributed by atoms with van der Waals surface area (Å²) in [7, 11) is 0. The van der Waals surface area contributed by atoms with Crippen molar-refractivity contribution in [2.75, 3.05) is 0 Å². The molecule has 1 N–H and O–H groups in total. The van der Waals surface area contributed by atoms with Crippen LogP contribution in [0, 0.1) is 5.92 Å². The van der Waals surface area contributed by atoms with Crippen molar-refractivity contribution in [2.45, 2.75) is 38.7 Å². The topological polar surface area (TPSA) is 55.0 Å². The molecular formula is C11H16N2O2. The molecule has 82 valence electrons. The Labute approximate surface area is 89.0 Å². The van der Waals surface area contributed by atoms with Crippen LogP contribution in [0.5, 0.6) is 0 Å². The van der Waals surface area contributed by atoms with Crippen molar-refractivity contribution in [3.8, 4) is 0 Å². The van der Waals surface area contributed by atoms with Crippen LogP contribution < -0.4 is 0 Å². The van der Waals surface area contributed by atoms with Gasteiger partial charge in [-0.2, -0.15) is 5.10 Å². The van der Waals surface area contributed by atoms with Crippen LogP contribution in [0.1, 0.15) is 43.0 Å². The van der Waals surface area contributed by atoms with Crippen molar-refractivity contribution in [3.63, 3.8) is 0 Å². The van der Waals surface area contributed by atoms with Crippen molar-refractivity contribution in [2.24, 2.45) is 5.92 Å². The molecule has 15 heavy (non-hydrogen) atoms. The zero-order chi connectivity index (χ0) is 10.7. The highest BCUT2D eigenvalue weighted by Gasteiger charge is 2.26. The lowest BCUT2D eigenvalue weighted by atomic mass is 10.1. The van der Waals surface area contributed by atoms with E-state index in [-0.39, 0.29) is 12.1 Å². The lowest BCUT2D eigenvalue weighted by molar-refractivity contribution is 0.0309. The Morgan fingerprint density at radius 3 is 3.13 bits per heavy atom. The van der Waals surface area contributed by atoms with Crippen LogP contribution in [-0.4, -0.2) is 22.3 Å². The van der Waals surface area contributed by atoms with E-state index >= 15 is 0 Å². The minimum absolute atomic E-state index is 0.109. The van der Waals surface area contributed by atoms with Crippen molar-refractivity contribution in [1.82, 2.24) is 10.2 Å². The standard InChI is InChI=1S/C11H16N2O2/c1-2-8-3-4-10(5-8)15-11(14)9-6-12-13-7-9/h6-8,10H,2-5H2,1H3,(H,12,13)/t8-,10+/m1/s1. The molecule has 0 radical (unpaired) electrons. The van der Waals surface area contributed by atoms with Gasteiger partial charge in [0.2, 0.25) is 0 Å². The van der Waals surface area contributed by atoms with E-state index in [0.29, 0.717) is 5.56 Å². The van der Waals surface area contributed by atoms with Gasteiger partial charge in [0.25, 0.3) is 0 Å². The number of hydrogen-bond acceptors (Lipinski definition) is 3. The molecule has 0 bridgehead atoms. The highest BCUT2D eigenvalue weighted by atomic mass is 16.5. The SMILES string of the molecule is CC[C@@H]1CC[C@H](OC(=O)c2cn[nH]c2)C1. The first-order valence-electron chi connectivity index (χ1n) is 5.49. The monoisotopic (exact) mass is 208 g/mol. The highest BCUT2D eigenvalue weighted by molar-refractivity contribution is 5.88. The number of nitrogens with one attached hydrogen (secondary N) is 1. The van der Waals surface area contributed by atoms with Crippen molar-refractivity contribution >= 4 is 5.97 Å². The Hall–Kier alpha value is -1.32. The van der Waals surface area contributed by atoms with E-state index in [1.807, 2.05) is 0 Å². The summed E-state index contributed by atoms with van der Waals surface area (Å²) in [6.07, 6.45) is 7.54. The molecule has 2 rings (SSSR count). The third-order valence-corrected chi connectivity index (χ3v) is 3.08. The quantitative estimate of drug-likeness (QED) is 0.774. The first kappa shape index (κ1) is 10.2. The van der Waals surface area contributed by atoms with Crippen molar-refractivity contribution in [3.05, 3.63) is 18.0 Å². The molecule has 0 spiro atoms. The smallest absolute Gasteiger partial charge is 0.341 e. The van der Waals surface area contributed by atoms with E-state index in [4.69, 9.17) is 4.74 Å². The van der Waals surface area contributed by atoms with Gasteiger partial charge in [0.1, 0.15) is 6.10 Å². The molecule has 0 unspecified atom stereocenters. The summed E-state index contributed by atoms with van der Waals surface area (Å²) >= 11 is 0. The Morgan fingerprint density at radius 1 is 1.67 bits per heavy atom. The van der Waals surface area contributed by atoms with Crippen LogP contribution >= 0.6 is 0 Å². The predicted molar refractivity (Wildman–Crippen MR) is 55.4 cm³/mol. The van der Waals surface area contributed by atoms with Gasteiger partial charge in [-0.1, -0.05) is 13.3 Å². The molecule has 1 fully saturated rings. The summed E-state index contributed by atoms with van der Waals surface area (Å²) in [6.45, 7) is 2.19. The number of nitrogens with zero attached hydrogens (tertiary/aromatic N) is 1. The molecule has 2 atom stereocenters. The summed E-state index contributed by atoms with van der Waals surface area (Å²) in [6, 6.07) is 0. The molecule has 1 saturated carbocycles. The van der Waals surface area contributed by atoms with E-state index in [9.17, 15) is 4.79 Å². The summed E-state index contributed by atoms with van der Waals surface area (Å²) < 4.78 is 5.39. The van der Waals surface area contributed by atoms with Gasteiger partial charge in [0.05, 0.1) is 11.8 Å². The highest BCUT2D eigenvalue weighted by Crippen LogP contribution is 2.30. The Kier molecular flexibility index (Phi) is 3.04. The second-order valence-corrected chi connectivity index (χ2v) is 4.10. The van der Waals surface area contributed by atoms with Crippen molar-refractivity contribution in [1.29, 1.82) is 0 Å². The molecular weight excluding hydrogens is 192 g/mol. The van der Waals surface area contributed by atoms with Gasteiger partial charge in [-0.15, -0.1) is 0 Å². The third-order valence-electron chi connectivity index (χ3n) is 3.08. The zero-order valence-electron chi connectivity index (χ0n) is 8.90. The molecule has 0 aromatic carbocycles. The van der Waals surface area contributed by atoms with E-state index in [2.05, 4.69) is 17.1 Å². The first-order valence-corrected chi connectivity index (χ1v) is 5.49. The molecule has 1 aliphatic rings. The van der Waals surface area contributed by atoms with Crippen LogP contribution in [0.15, 0.2) is 12.4 Å². The average Bonchev–Trinajstić information content (AvgIpc) is 2.87. The minimum atomic E-state index is -0.259. The largest absolute Gasteiger partial charge is 0.459 e. The number of aromatic nitrogens is 2. The fourth-order valence-electron chi connectivity index (χ4n) is 2.09. The Balaban J connectivity index is 1.86. The number of ether oxygens (including phenoxy) is 1. The average molecular weight is 208 g/mol. The number of hydrogen-bond donors (Lipinski definition) is 1.